The molecular formula is C20H21N3O2. The number of benzene rings is 1. The summed E-state index contributed by atoms with van der Waals surface area (Å²) in [6, 6.07) is 15.8. The summed E-state index contributed by atoms with van der Waals surface area (Å²) in [7, 11) is 3.39. The smallest absolute Gasteiger partial charge is 0.246 e. The van der Waals surface area contributed by atoms with Crippen LogP contribution >= 0.6 is 0 Å². The number of ether oxygens (including phenoxy) is 1. The van der Waals surface area contributed by atoms with E-state index >= 15 is 0 Å². The summed E-state index contributed by atoms with van der Waals surface area (Å²) in [6.07, 6.45) is 5.36. The predicted molar refractivity (Wildman–Crippen MR) is 99.2 cm³/mol. The molecule has 5 nitrogen and oxygen atoms in total. The fourth-order valence-electron chi connectivity index (χ4n) is 2.60. The molecule has 2 aromatic heterocycles. The monoisotopic (exact) mass is 335 g/mol. The van der Waals surface area contributed by atoms with Gasteiger partial charge in [-0.2, -0.15) is 0 Å². The molecule has 5 heteroatoms. The van der Waals surface area contributed by atoms with Crippen LogP contribution in [0.2, 0.25) is 0 Å². The van der Waals surface area contributed by atoms with E-state index in [9.17, 15) is 4.79 Å². The summed E-state index contributed by atoms with van der Waals surface area (Å²) in [5.41, 5.74) is 3.61. The van der Waals surface area contributed by atoms with Crippen molar-refractivity contribution >= 4 is 17.6 Å². The van der Waals surface area contributed by atoms with Gasteiger partial charge >= 0.3 is 0 Å². The number of methoxy groups -OCH3 is 1. The molecule has 0 spiro atoms. The van der Waals surface area contributed by atoms with Crippen LogP contribution < -0.4 is 0 Å². The van der Waals surface area contributed by atoms with Crippen molar-refractivity contribution in [2.75, 3.05) is 27.3 Å². The summed E-state index contributed by atoms with van der Waals surface area (Å²) in [5, 5.41) is 0. The second kappa shape index (κ2) is 7.77. The maximum absolute atomic E-state index is 12.3. The molecule has 2 heterocycles. The van der Waals surface area contributed by atoms with Gasteiger partial charge in [0.2, 0.25) is 5.91 Å². The third kappa shape index (κ3) is 3.78. The van der Waals surface area contributed by atoms with E-state index in [-0.39, 0.29) is 5.91 Å². The molecule has 0 N–H and O–H groups in total. The molecule has 25 heavy (non-hydrogen) atoms. The number of likely N-dealkylation sites (N-methyl/N-ethyl adjacent to an activating group) is 1. The maximum Gasteiger partial charge on any atom is 0.246 e. The van der Waals surface area contributed by atoms with Crippen LogP contribution in [0, 0.1) is 0 Å². The number of imidazole rings is 1. The van der Waals surface area contributed by atoms with Gasteiger partial charge < -0.3 is 9.64 Å². The molecule has 0 fully saturated rings. The third-order valence-electron chi connectivity index (χ3n) is 4.00. The van der Waals surface area contributed by atoms with Crippen LogP contribution in [0.15, 0.2) is 60.8 Å². The Balaban J connectivity index is 1.97. The van der Waals surface area contributed by atoms with E-state index in [4.69, 9.17) is 9.72 Å². The van der Waals surface area contributed by atoms with Crippen molar-refractivity contribution in [1.29, 1.82) is 0 Å². The van der Waals surface area contributed by atoms with Gasteiger partial charge in [-0.3, -0.25) is 9.20 Å². The van der Waals surface area contributed by atoms with Crippen LogP contribution in [0.3, 0.4) is 0 Å². The molecule has 0 saturated heterocycles. The van der Waals surface area contributed by atoms with Crippen molar-refractivity contribution in [3.05, 3.63) is 66.5 Å². The maximum atomic E-state index is 12.3. The highest BCUT2D eigenvalue weighted by Crippen LogP contribution is 2.25. The quantitative estimate of drug-likeness (QED) is 0.650. The van der Waals surface area contributed by atoms with Gasteiger partial charge in [0.25, 0.3) is 0 Å². The molecule has 3 aromatic rings. The van der Waals surface area contributed by atoms with Crippen LogP contribution in [0.5, 0.6) is 0 Å². The van der Waals surface area contributed by atoms with Crippen molar-refractivity contribution in [1.82, 2.24) is 14.3 Å². The highest BCUT2D eigenvalue weighted by Gasteiger charge is 2.12. The van der Waals surface area contributed by atoms with Crippen molar-refractivity contribution in [3.8, 4) is 11.3 Å². The average Bonchev–Trinajstić information content (AvgIpc) is 3.03. The molecule has 0 radical (unpaired) electrons. The third-order valence-corrected chi connectivity index (χ3v) is 4.00. The Bertz CT molecular complexity index is 884. The second-order valence-electron chi connectivity index (χ2n) is 5.73. The number of amides is 1. The van der Waals surface area contributed by atoms with E-state index in [1.807, 2.05) is 65.2 Å². The Hall–Kier alpha value is -2.92. The lowest BCUT2D eigenvalue weighted by Gasteiger charge is -2.13. The molecule has 0 unspecified atom stereocenters. The van der Waals surface area contributed by atoms with E-state index in [0.29, 0.717) is 13.2 Å². The van der Waals surface area contributed by atoms with Crippen molar-refractivity contribution in [2.45, 2.75) is 0 Å². The van der Waals surface area contributed by atoms with Crippen LogP contribution in [-0.4, -0.2) is 47.5 Å². The zero-order chi connectivity index (χ0) is 17.6. The van der Waals surface area contributed by atoms with Gasteiger partial charge in [0, 0.05) is 38.5 Å². The van der Waals surface area contributed by atoms with E-state index in [2.05, 4.69) is 0 Å². The van der Waals surface area contributed by atoms with Crippen molar-refractivity contribution in [3.63, 3.8) is 0 Å². The number of hydrogen-bond acceptors (Lipinski definition) is 3. The molecule has 3 rings (SSSR count). The van der Waals surface area contributed by atoms with Gasteiger partial charge in [-0.25, -0.2) is 4.98 Å². The molecular weight excluding hydrogens is 314 g/mol. The number of carbonyl (C=O) groups excluding carboxylic acids is 1. The van der Waals surface area contributed by atoms with Gasteiger partial charge in [-0.1, -0.05) is 36.4 Å². The first-order chi connectivity index (χ1) is 12.2. The van der Waals surface area contributed by atoms with Gasteiger partial charge in [0.1, 0.15) is 5.65 Å². The van der Waals surface area contributed by atoms with Gasteiger partial charge in [0.15, 0.2) is 0 Å². The first kappa shape index (κ1) is 16.9. The van der Waals surface area contributed by atoms with E-state index in [1.165, 1.54) is 0 Å². The summed E-state index contributed by atoms with van der Waals surface area (Å²) in [4.78, 5) is 18.6. The Labute approximate surface area is 147 Å². The molecule has 128 valence electrons. The van der Waals surface area contributed by atoms with Gasteiger partial charge in [0.05, 0.1) is 18.0 Å². The molecule has 0 bridgehead atoms. The fraction of sp³-hybridized carbons (Fsp3) is 0.200. The van der Waals surface area contributed by atoms with E-state index in [1.54, 1.807) is 25.1 Å². The van der Waals surface area contributed by atoms with Gasteiger partial charge in [-0.05, 0) is 18.2 Å². The molecule has 0 aliphatic rings. The highest BCUT2D eigenvalue weighted by atomic mass is 16.5. The standard InChI is InChI=1S/C20H21N3O2/c1-22(14-15-25-2)19(24)12-11-17-20(16-8-4-3-5-9-16)21-18-10-6-7-13-23(17)18/h3-13H,14-15H2,1-2H3/b12-11+. The Kier molecular flexibility index (Phi) is 5.26. The molecule has 0 aliphatic heterocycles. The molecule has 1 amide bonds. The minimum Gasteiger partial charge on any atom is -0.383 e. The number of hydrogen-bond donors (Lipinski definition) is 0. The predicted octanol–water partition coefficient (Wildman–Crippen LogP) is 3.12. The van der Waals surface area contributed by atoms with Crippen LogP contribution in [0.1, 0.15) is 5.69 Å². The zero-order valence-corrected chi connectivity index (χ0v) is 14.4. The van der Waals surface area contributed by atoms with Crippen LogP contribution in [0.4, 0.5) is 0 Å². The average molecular weight is 335 g/mol. The SMILES string of the molecule is COCCN(C)C(=O)/C=C/c1c(-c2ccccc2)nc2ccccn12. The topological polar surface area (TPSA) is 46.8 Å². The molecule has 0 saturated carbocycles. The summed E-state index contributed by atoms with van der Waals surface area (Å²) in [6.45, 7) is 1.07. The van der Waals surface area contributed by atoms with Crippen molar-refractivity contribution < 1.29 is 9.53 Å². The van der Waals surface area contributed by atoms with E-state index < -0.39 is 0 Å². The Morgan fingerprint density at radius 1 is 1.20 bits per heavy atom. The molecule has 0 atom stereocenters. The number of aromatic nitrogens is 2. The molecule has 1 aromatic carbocycles. The summed E-state index contributed by atoms with van der Waals surface area (Å²) < 4.78 is 7.00. The lowest BCUT2D eigenvalue weighted by atomic mass is 10.1. The lowest BCUT2D eigenvalue weighted by Crippen LogP contribution is -2.28. The number of pyridine rings is 1. The largest absolute Gasteiger partial charge is 0.383 e. The van der Waals surface area contributed by atoms with Crippen LogP contribution in [-0.2, 0) is 9.53 Å². The van der Waals surface area contributed by atoms with E-state index in [0.717, 1.165) is 22.6 Å². The first-order valence-corrected chi connectivity index (χ1v) is 8.15. The number of carbonyl (C=O) groups is 1. The zero-order valence-electron chi connectivity index (χ0n) is 14.4. The Morgan fingerprint density at radius 3 is 2.72 bits per heavy atom. The van der Waals surface area contributed by atoms with Crippen LogP contribution in [0.25, 0.3) is 23.0 Å². The second-order valence-corrected chi connectivity index (χ2v) is 5.73. The molecule has 0 aliphatic carbocycles. The van der Waals surface area contributed by atoms with Crippen molar-refractivity contribution in [2.24, 2.45) is 0 Å². The first-order valence-electron chi connectivity index (χ1n) is 8.15. The highest BCUT2D eigenvalue weighted by molar-refractivity contribution is 5.92. The Morgan fingerprint density at radius 2 is 1.96 bits per heavy atom. The normalized spacial score (nSPS) is 11.3. The summed E-state index contributed by atoms with van der Waals surface area (Å²) in [5.74, 6) is -0.0676. The van der Waals surface area contributed by atoms with Gasteiger partial charge in [-0.15, -0.1) is 0 Å². The number of nitrogens with zero attached hydrogens (tertiary/aromatic N) is 3. The minimum atomic E-state index is -0.0676. The number of fused-ring (bicyclic) bond motifs is 1. The lowest BCUT2D eigenvalue weighted by molar-refractivity contribution is -0.125. The fourth-order valence-corrected chi connectivity index (χ4v) is 2.60. The number of rotatable bonds is 6. The minimum absolute atomic E-state index is 0.0676. The summed E-state index contributed by atoms with van der Waals surface area (Å²) >= 11 is 0.